The van der Waals surface area contributed by atoms with Crippen LogP contribution in [0.3, 0.4) is 0 Å². The van der Waals surface area contributed by atoms with Crippen LogP contribution in [0.5, 0.6) is 0 Å². The molecular formula is C19H22N6O. The van der Waals surface area contributed by atoms with E-state index in [1.54, 1.807) is 23.0 Å². The second kappa shape index (κ2) is 7.77. The number of rotatable bonds is 6. The Labute approximate surface area is 152 Å². The first-order valence-corrected chi connectivity index (χ1v) is 8.47. The molecule has 26 heavy (non-hydrogen) atoms. The third-order valence-electron chi connectivity index (χ3n) is 3.91. The minimum atomic E-state index is -0.114. The van der Waals surface area contributed by atoms with Crippen LogP contribution < -0.4 is 10.6 Å². The molecule has 7 heteroatoms. The molecule has 0 aliphatic heterocycles. The lowest BCUT2D eigenvalue weighted by molar-refractivity contribution is 0.0936. The number of amides is 1. The van der Waals surface area contributed by atoms with Crippen LogP contribution in [0.4, 0.5) is 5.82 Å². The van der Waals surface area contributed by atoms with Gasteiger partial charge in [0.2, 0.25) is 0 Å². The van der Waals surface area contributed by atoms with E-state index in [0.717, 1.165) is 17.1 Å². The van der Waals surface area contributed by atoms with Crippen molar-refractivity contribution < 1.29 is 4.79 Å². The average molecular weight is 350 g/mol. The lowest BCUT2D eigenvalue weighted by Crippen LogP contribution is -2.35. The van der Waals surface area contributed by atoms with Crippen molar-refractivity contribution in [2.75, 3.05) is 12.4 Å². The lowest BCUT2D eigenvalue weighted by Gasteiger charge is -2.14. The molecular weight excluding hydrogens is 328 g/mol. The number of aryl methyl sites for hydroxylation is 1. The Bertz CT molecular complexity index is 874. The molecule has 1 atom stereocenters. The summed E-state index contributed by atoms with van der Waals surface area (Å²) in [5.74, 6) is 1.28. The van der Waals surface area contributed by atoms with E-state index in [1.807, 2.05) is 51.4 Å². The summed E-state index contributed by atoms with van der Waals surface area (Å²) >= 11 is 0. The first-order valence-electron chi connectivity index (χ1n) is 8.47. The van der Waals surface area contributed by atoms with Gasteiger partial charge >= 0.3 is 0 Å². The first kappa shape index (κ1) is 17.6. The second-order valence-electron chi connectivity index (χ2n) is 6.15. The van der Waals surface area contributed by atoms with Gasteiger partial charge in [-0.3, -0.25) is 9.48 Å². The second-order valence-corrected chi connectivity index (χ2v) is 6.15. The SMILES string of the molecule is CNc1cc(C)nc(-c2ccc(C(=O)N[C@H](C)Cn3cccn3)cc2)n1. The van der Waals surface area contributed by atoms with E-state index in [9.17, 15) is 4.79 Å². The van der Waals surface area contributed by atoms with Gasteiger partial charge in [0.25, 0.3) is 5.91 Å². The molecule has 0 saturated carbocycles. The molecule has 134 valence electrons. The Balaban J connectivity index is 1.69. The highest BCUT2D eigenvalue weighted by Gasteiger charge is 2.11. The van der Waals surface area contributed by atoms with Crippen LogP contribution in [0.15, 0.2) is 48.8 Å². The van der Waals surface area contributed by atoms with Crippen molar-refractivity contribution in [3.8, 4) is 11.4 Å². The molecule has 0 saturated heterocycles. The summed E-state index contributed by atoms with van der Waals surface area (Å²) in [6.07, 6.45) is 3.60. The maximum Gasteiger partial charge on any atom is 0.251 e. The zero-order chi connectivity index (χ0) is 18.5. The first-order chi connectivity index (χ1) is 12.5. The van der Waals surface area contributed by atoms with E-state index in [4.69, 9.17) is 0 Å². The van der Waals surface area contributed by atoms with Gasteiger partial charge in [-0.15, -0.1) is 0 Å². The highest BCUT2D eigenvalue weighted by Crippen LogP contribution is 2.18. The zero-order valence-corrected chi connectivity index (χ0v) is 15.1. The quantitative estimate of drug-likeness (QED) is 0.713. The third-order valence-corrected chi connectivity index (χ3v) is 3.91. The van der Waals surface area contributed by atoms with Crippen LogP contribution in [0.25, 0.3) is 11.4 Å². The fourth-order valence-electron chi connectivity index (χ4n) is 2.64. The average Bonchev–Trinajstić information content (AvgIpc) is 3.14. The van der Waals surface area contributed by atoms with E-state index >= 15 is 0 Å². The van der Waals surface area contributed by atoms with Gasteiger partial charge in [0.15, 0.2) is 5.82 Å². The summed E-state index contributed by atoms with van der Waals surface area (Å²) in [4.78, 5) is 21.3. The maximum absolute atomic E-state index is 12.4. The number of benzene rings is 1. The topological polar surface area (TPSA) is 84.7 Å². The van der Waals surface area contributed by atoms with E-state index in [1.165, 1.54) is 0 Å². The molecule has 1 amide bonds. The van der Waals surface area contributed by atoms with Gasteiger partial charge in [0.05, 0.1) is 6.54 Å². The van der Waals surface area contributed by atoms with Crippen molar-refractivity contribution in [3.05, 3.63) is 60.0 Å². The minimum Gasteiger partial charge on any atom is -0.373 e. The normalized spacial score (nSPS) is 11.8. The summed E-state index contributed by atoms with van der Waals surface area (Å²) < 4.78 is 1.79. The summed E-state index contributed by atoms with van der Waals surface area (Å²) in [6, 6.07) is 11.0. The van der Waals surface area contributed by atoms with Crippen molar-refractivity contribution in [2.24, 2.45) is 0 Å². The molecule has 2 aromatic heterocycles. The lowest BCUT2D eigenvalue weighted by atomic mass is 10.1. The Kier molecular flexibility index (Phi) is 5.26. The molecule has 3 aromatic rings. The molecule has 0 fully saturated rings. The Hall–Kier alpha value is -3.22. The van der Waals surface area contributed by atoms with Gasteiger partial charge in [-0.25, -0.2) is 9.97 Å². The van der Waals surface area contributed by atoms with Crippen LogP contribution in [0.1, 0.15) is 23.0 Å². The summed E-state index contributed by atoms with van der Waals surface area (Å²) in [5, 5.41) is 10.2. The highest BCUT2D eigenvalue weighted by molar-refractivity contribution is 5.94. The molecule has 0 spiro atoms. The number of hydrogen-bond acceptors (Lipinski definition) is 5. The number of nitrogens with one attached hydrogen (secondary N) is 2. The summed E-state index contributed by atoms with van der Waals surface area (Å²) in [6.45, 7) is 4.50. The highest BCUT2D eigenvalue weighted by atomic mass is 16.1. The van der Waals surface area contributed by atoms with E-state index in [-0.39, 0.29) is 11.9 Å². The Morgan fingerprint density at radius 2 is 2.00 bits per heavy atom. The van der Waals surface area contributed by atoms with Crippen molar-refractivity contribution in [3.63, 3.8) is 0 Å². The van der Waals surface area contributed by atoms with Gasteiger partial charge in [0, 0.05) is 48.4 Å². The fourth-order valence-corrected chi connectivity index (χ4v) is 2.64. The molecule has 0 unspecified atom stereocenters. The van der Waals surface area contributed by atoms with E-state index in [2.05, 4.69) is 25.7 Å². The van der Waals surface area contributed by atoms with E-state index < -0.39 is 0 Å². The molecule has 0 radical (unpaired) electrons. The molecule has 2 heterocycles. The number of hydrogen-bond donors (Lipinski definition) is 2. The zero-order valence-electron chi connectivity index (χ0n) is 15.1. The fraction of sp³-hybridized carbons (Fsp3) is 0.263. The smallest absolute Gasteiger partial charge is 0.251 e. The van der Waals surface area contributed by atoms with Crippen LogP contribution in [-0.2, 0) is 6.54 Å². The maximum atomic E-state index is 12.4. The van der Waals surface area contributed by atoms with Crippen molar-refractivity contribution >= 4 is 11.7 Å². The van der Waals surface area contributed by atoms with Crippen molar-refractivity contribution in [2.45, 2.75) is 26.4 Å². The van der Waals surface area contributed by atoms with Gasteiger partial charge < -0.3 is 10.6 Å². The number of anilines is 1. The standard InChI is InChI=1S/C19H22N6O/c1-13-11-17(20-3)24-18(22-13)15-5-7-16(8-6-15)19(26)23-14(2)12-25-10-4-9-21-25/h4-11,14H,12H2,1-3H3,(H,23,26)(H,20,22,24)/t14-/m1/s1. The van der Waals surface area contributed by atoms with Crippen molar-refractivity contribution in [1.29, 1.82) is 0 Å². The van der Waals surface area contributed by atoms with Gasteiger partial charge in [-0.2, -0.15) is 5.10 Å². The van der Waals surface area contributed by atoms with Crippen LogP contribution >= 0.6 is 0 Å². The van der Waals surface area contributed by atoms with Crippen LogP contribution in [0, 0.1) is 6.92 Å². The van der Waals surface area contributed by atoms with Crippen LogP contribution in [-0.4, -0.2) is 38.7 Å². The molecule has 0 aliphatic rings. The Morgan fingerprint density at radius 3 is 2.65 bits per heavy atom. The van der Waals surface area contributed by atoms with E-state index in [0.29, 0.717) is 17.9 Å². The number of carbonyl (C=O) groups excluding carboxylic acids is 1. The predicted octanol–water partition coefficient (Wildman–Crippen LogP) is 2.51. The van der Waals surface area contributed by atoms with Gasteiger partial charge in [0.1, 0.15) is 5.82 Å². The Morgan fingerprint density at radius 1 is 1.23 bits per heavy atom. The van der Waals surface area contributed by atoms with Gasteiger partial charge in [-0.1, -0.05) is 12.1 Å². The van der Waals surface area contributed by atoms with Gasteiger partial charge in [-0.05, 0) is 32.0 Å². The van der Waals surface area contributed by atoms with Crippen LogP contribution in [0.2, 0.25) is 0 Å². The number of aromatic nitrogens is 4. The molecule has 7 nitrogen and oxygen atoms in total. The predicted molar refractivity (Wildman–Crippen MR) is 101 cm³/mol. The molecule has 0 aliphatic carbocycles. The number of nitrogens with zero attached hydrogens (tertiary/aromatic N) is 4. The molecule has 1 aromatic carbocycles. The monoisotopic (exact) mass is 350 g/mol. The third kappa shape index (κ3) is 4.24. The molecule has 2 N–H and O–H groups in total. The molecule has 0 bridgehead atoms. The number of carbonyl (C=O) groups is 1. The summed E-state index contributed by atoms with van der Waals surface area (Å²) in [5.41, 5.74) is 2.35. The molecule has 3 rings (SSSR count). The minimum absolute atomic E-state index is 0.0274. The largest absolute Gasteiger partial charge is 0.373 e. The summed E-state index contributed by atoms with van der Waals surface area (Å²) in [7, 11) is 1.82. The van der Waals surface area contributed by atoms with Crippen molar-refractivity contribution in [1.82, 2.24) is 25.1 Å².